The summed E-state index contributed by atoms with van der Waals surface area (Å²) in [6, 6.07) is 9.98. The summed E-state index contributed by atoms with van der Waals surface area (Å²) < 4.78 is 18.6. The van der Waals surface area contributed by atoms with Crippen LogP contribution in [-0.4, -0.2) is 16.9 Å². The summed E-state index contributed by atoms with van der Waals surface area (Å²) in [5, 5.41) is 9.85. The molecule has 0 unspecified atom stereocenters. The molecule has 0 radical (unpaired) electrons. The molecule has 0 saturated heterocycles. The van der Waals surface area contributed by atoms with Crippen molar-refractivity contribution in [1.29, 1.82) is 0 Å². The Kier molecular flexibility index (Phi) is 3.25. The zero-order valence-electron chi connectivity index (χ0n) is 11.6. The van der Waals surface area contributed by atoms with Crippen molar-refractivity contribution in [1.82, 2.24) is 0 Å². The second kappa shape index (κ2) is 5.11. The number of carbonyl (C=O) groups is 2. The summed E-state index contributed by atoms with van der Waals surface area (Å²) >= 11 is 0. The third-order valence-electron chi connectivity index (χ3n) is 3.42. The van der Waals surface area contributed by atoms with Crippen LogP contribution in [-0.2, 0) is 0 Å². The summed E-state index contributed by atoms with van der Waals surface area (Å²) in [7, 11) is 0. The molecule has 0 atom stereocenters. The van der Waals surface area contributed by atoms with Crippen LogP contribution in [0, 0.1) is 5.82 Å². The monoisotopic (exact) mass is 298 g/mol. The van der Waals surface area contributed by atoms with Gasteiger partial charge in [-0.25, -0.2) is 9.18 Å². The molecule has 0 saturated carbocycles. The average molecular weight is 298 g/mol. The molecule has 0 bridgehead atoms. The Morgan fingerprint density at radius 3 is 2.36 bits per heavy atom. The fourth-order valence-electron chi connectivity index (χ4n) is 2.33. The Morgan fingerprint density at radius 1 is 1.09 bits per heavy atom. The third kappa shape index (κ3) is 2.26. The molecule has 0 aliphatic carbocycles. The van der Waals surface area contributed by atoms with Crippen LogP contribution in [0.2, 0.25) is 0 Å². The number of furan rings is 1. The number of aromatic carboxylic acids is 1. The van der Waals surface area contributed by atoms with E-state index in [4.69, 9.17) is 4.42 Å². The van der Waals surface area contributed by atoms with E-state index in [1.54, 1.807) is 12.1 Å². The van der Waals surface area contributed by atoms with E-state index in [1.807, 2.05) is 0 Å². The number of halogens is 1. The Hall–Kier alpha value is -2.95. The fraction of sp³-hybridized carbons (Fsp3) is 0.0588. The first-order valence-corrected chi connectivity index (χ1v) is 6.54. The maximum Gasteiger partial charge on any atom is 0.340 e. The number of carbonyl (C=O) groups excluding carboxylic acids is 1. The van der Waals surface area contributed by atoms with Gasteiger partial charge in [-0.2, -0.15) is 0 Å². The number of carboxylic acid groups (broad SMARTS) is 1. The quantitative estimate of drug-likeness (QED) is 0.738. The van der Waals surface area contributed by atoms with Crippen molar-refractivity contribution >= 4 is 22.7 Å². The highest BCUT2D eigenvalue weighted by Crippen LogP contribution is 2.34. The van der Waals surface area contributed by atoms with Crippen LogP contribution in [0.15, 0.2) is 46.9 Å². The molecule has 0 fully saturated rings. The second-order valence-corrected chi connectivity index (χ2v) is 4.89. The van der Waals surface area contributed by atoms with Gasteiger partial charge in [0.1, 0.15) is 22.7 Å². The van der Waals surface area contributed by atoms with Crippen molar-refractivity contribution in [3.8, 4) is 11.3 Å². The Bertz CT molecular complexity index is 891. The number of Topliss-reactive ketones (excluding diaryl/α,β-unsaturated/α-hetero) is 1. The summed E-state index contributed by atoms with van der Waals surface area (Å²) in [5.41, 5.74) is 1.20. The summed E-state index contributed by atoms with van der Waals surface area (Å²) in [6.07, 6.45) is 0. The van der Waals surface area contributed by atoms with Gasteiger partial charge in [0.05, 0.1) is 0 Å². The molecule has 5 heteroatoms. The predicted octanol–water partition coefficient (Wildman–Crippen LogP) is 4.14. The molecule has 0 spiro atoms. The number of rotatable bonds is 3. The lowest BCUT2D eigenvalue weighted by Crippen LogP contribution is -1.97. The molecule has 1 heterocycles. The third-order valence-corrected chi connectivity index (χ3v) is 3.42. The summed E-state index contributed by atoms with van der Waals surface area (Å²) in [4.78, 5) is 23.0. The minimum absolute atomic E-state index is 0.00305. The largest absolute Gasteiger partial charge is 0.478 e. The van der Waals surface area contributed by atoms with E-state index in [0.717, 1.165) is 0 Å². The highest BCUT2D eigenvalue weighted by molar-refractivity contribution is 6.09. The molecule has 2 aromatic carbocycles. The van der Waals surface area contributed by atoms with Crippen LogP contribution in [0.4, 0.5) is 4.39 Å². The average Bonchev–Trinajstić information content (AvgIpc) is 2.86. The zero-order valence-corrected chi connectivity index (χ0v) is 11.6. The topological polar surface area (TPSA) is 67.5 Å². The van der Waals surface area contributed by atoms with Crippen molar-refractivity contribution in [2.24, 2.45) is 0 Å². The fourth-order valence-corrected chi connectivity index (χ4v) is 2.33. The number of fused-ring (bicyclic) bond motifs is 1. The first-order valence-electron chi connectivity index (χ1n) is 6.54. The number of hydrogen-bond donors (Lipinski definition) is 1. The van der Waals surface area contributed by atoms with Crippen LogP contribution in [0.3, 0.4) is 0 Å². The van der Waals surface area contributed by atoms with Crippen molar-refractivity contribution < 1.29 is 23.5 Å². The number of carboxylic acids is 1. The Morgan fingerprint density at radius 2 is 1.77 bits per heavy atom. The molecule has 0 aliphatic heterocycles. The van der Waals surface area contributed by atoms with Crippen molar-refractivity contribution in [2.75, 3.05) is 0 Å². The SMILES string of the molecule is CC(=O)c1ccc2c(C(=O)O)c(-c3ccc(F)cc3)oc2c1. The molecule has 1 N–H and O–H groups in total. The van der Waals surface area contributed by atoms with E-state index in [0.29, 0.717) is 22.1 Å². The number of ketones is 1. The first kappa shape index (κ1) is 14.0. The van der Waals surface area contributed by atoms with Crippen molar-refractivity contribution in [2.45, 2.75) is 6.92 Å². The lowest BCUT2D eigenvalue weighted by Gasteiger charge is -1.99. The van der Waals surface area contributed by atoms with E-state index < -0.39 is 11.8 Å². The van der Waals surface area contributed by atoms with Gasteiger partial charge < -0.3 is 9.52 Å². The maximum absolute atomic E-state index is 13.0. The van der Waals surface area contributed by atoms with Gasteiger partial charge in [0.25, 0.3) is 0 Å². The van der Waals surface area contributed by atoms with E-state index in [1.165, 1.54) is 37.3 Å². The molecule has 22 heavy (non-hydrogen) atoms. The highest BCUT2D eigenvalue weighted by atomic mass is 19.1. The number of benzene rings is 2. The van der Waals surface area contributed by atoms with Crippen molar-refractivity contribution in [3.05, 3.63) is 59.4 Å². The van der Waals surface area contributed by atoms with Crippen LogP contribution in [0.25, 0.3) is 22.3 Å². The first-order chi connectivity index (χ1) is 10.5. The number of hydrogen-bond acceptors (Lipinski definition) is 3. The molecule has 4 nitrogen and oxygen atoms in total. The Balaban J connectivity index is 2.29. The molecular weight excluding hydrogens is 287 g/mol. The van der Waals surface area contributed by atoms with Gasteiger partial charge in [-0.3, -0.25) is 4.79 Å². The Labute approximate surface area is 124 Å². The van der Waals surface area contributed by atoms with Crippen LogP contribution in [0.5, 0.6) is 0 Å². The molecule has 3 aromatic rings. The van der Waals surface area contributed by atoms with E-state index in [-0.39, 0.29) is 17.1 Å². The van der Waals surface area contributed by atoms with Gasteiger partial charge in [-0.15, -0.1) is 0 Å². The van der Waals surface area contributed by atoms with Gasteiger partial charge in [-0.1, -0.05) is 6.07 Å². The summed E-state index contributed by atoms with van der Waals surface area (Å²) in [6.45, 7) is 1.42. The van der Waals surface area contributed by atoms with Gasteiger partial charge in [0.15, 0.2) is 5.78 Å². The molecule has 110 valence electrons. The van der Waals surface area contributed by atoms with E-state index in [9.17, 15) is 19.1 Å². The van der Waals surface area contributed by atoms with Gasteiger partial charge in [-0.05, 0) is 43.3 Å². The minimum atomic E-state index is -1.14. The van der Waals surface area contributed by atoms with Crippen LogP contribution in [0.1, 0.15) is 27.6 Å². The lowest BCUT2D eigenvalue weighted by atomic mass is 10.0. The van der Waals surface area contributed by atoms with Gasteiger partial charge >= 0.3 is 5.97 Å². The second-order valence-electron chi connectivity index (χ2n) is 4.89. The van der Waals surface area contributed by atoms with Crippen molar-refractivity contribution in [3.63, 3.8) is 0 Å². The molecule has 3 rings (SSSR count). The van der Waals surface area contributed by atoms with E-state index >= 15 is 0 Å². The molecule has 0 aliphatic rings. The highest BCUT2D eigenvalue weighted by Gasteiger charge is 2.22. The summed E-state index contributed by atoms with van der Waals surface area (Å²) in [5.74, 6) is -1.56. The molecule has 0 amide bonds. The predicted molar refractivity (Wildman–Crippen MR) is 78.6 cm³/mol. The minimum Gasteiger partial charge on any atom is -0.478 e. The van der Waals surface area contributed by atoms with Crippen LogP contribution >= 0.6 is 0 Å². The molecule has 1 aromatic heterocycles. The lowest BCUT2D eigenvalue weighted by molar-refractivity contribution is 0.0699. The maximum atomic E-state index is 13.0. The standard InChI is InChI=1S/C17H11FO4/c1-9(19)11-4-7-13-14(8-11)22-16(15(13)17(20)21)10-2-5-12(18)6-3-10/h2-8H,1H3,(H,20,21). The zero-order chi connectivity index (χ0) is 15.9. The smallest absolute Gasteiger partial charge is 0.340 e. The van der Waals surface area contributed by atoms with Crippen LogP contribution < -0.4 is 0 Å². The normalized spacial score (nSPS) is 10.8. The molecular formula is C17H11FO4. The van der Waals surface area contributed by atoms with Gasteiger partial charge in [0, 0.05) is 16.5 Å². The van der Waals surface area contributed by atoms with Gasteiger partial charge in [0.2, 0.25) is 0 Å². The van der Waals surface area contributed by atoms with E-state index in [2.05, 4.69) is 0 Å².